The maximum Gasteiger partial charge on any atom is 0.356 e. The lowest BCUT2D eigenvalue weighted by Gasteiger charge is -2.00. The minimum atomic E-state index is -1.01. The lowest BCUT2D eigenvalue weighted by atomic mass is 10.2. The topological polar surface area (TPSA) is 54.6 Å². The van der Waals surface area contributed by atoms with Crippen LogP contribution in [0, 0.1) is 0 Å². The molecule has 4 nitrogen and oxygen atoms in total. The van der Waals surface area contributed by atoms with Crippen molar-refractivity contribution in [3.63, 3.8) is 0 Å². The molecular weight excluding hydrogens is 284 g/mol. The summed E-state index contributed by atoms with van der Waals surface area (Å²) in [6.45, 7) is 0. The van der Waals surface area contributed by atoms with Crippen LogP contribution in [0.25, 0.3) is 16.4 Å². The van der Waals surface area contributed by atoms with Crippen molar-refractivity contribution in [3.8, 4) is 0 Å². The number of nitrogens with zero attached hydrogens (tertiary/aromatic N) is 2. The van der Waals surface area contributed by atoms with E-state index in [1.807, 2.05) is 30.5 Å². The molecule has 5 heteroatoms. The Balaban J connectivity index is 2.42. The third-order valence-electron chi connectivity index (χ3n) is 2.62. The Morgan fingerprint density at radius 1 is 1.35 bits per heavy atom. The molecule has 0 amide bonds. The van der Waals surface area contributed by atoms with Gasteiger partial charge >= 0.3 is 5.97 Å². The summed E-state index contributed by atoms with van der Waals surface area (Å²) in [5.41, 5.74) is 0.716. The molecule has 2 aromatic heterocycles. The summed E-state index contributed by atoms with van der Waals surface area (Å²) in [6.07, 6.45) is 3.32. The lowest BCUT2D eigenvalue weighted by molar-refractivity contribution is 0.0691. The van der Waals surface area contributed by atoms with Crippen LogP contribution in [0.3, 0.4) is 0 Å². The fraction of sp³-hybridized carbons (Fsp3) is 0. The standard InChI is InChI=1S/C12H7BrN2O2/c13-8-1-2-9-7(5-8)3-4-15-6-10(12(16)17)14-11(9)15/h1-6H,(H,16,17). The number of halogens is 1. The minimum absolute atomic E-state index is 0.0559. The fourth-order valence-corrected chi connectivity index (χ4v) is 2.22. The first-order chi connectivity index (χ1) is 8.15. The molecule has 0 bridgehead atoms. The van der Waals surface area contributed by atoms with Crippen molar-refractivity contribution in [1.82, 2.24) is 9.38 Å². The highest BCUT2D eigenvalue weighted by molar-refractivity contribution is 9.10. The molecule has 1 aromatic carbocycles. The van der Waals surface area contributed by atoms with Gasteiger partial charge in [-0.25, -0.2) is 9.78 Å². The van der Waals surface area contributed by atoms with Crippen LogP contribution in [0.5, 0.6) is 0 Å². The minimum Gasteiger partial charge on any atom is -0.476 e. The Bertz CT molecular complexity index is 749. The predicted molar refractivity (Wildman–Crippen MR) is 67.4 cm³/mol. The number of carboxylic acid groups (broad SMARTS) is 1. The SMILES string of the molecule is O=C(O)c1cn2ccc3cc(Br)ccc3c2n1. The van der Waals surface area contributed by atoms with E-state index in [1.54, 1.807) is 4.40 Å². The first kappa shape index (κ1) is 10.3. The number of pyridine rings is 1. The summed E-state index contributed by atoms with van der Waals surface area (Å²) in [6, 6.07) is 7.75. The van der Waals surface area contributed by atoms with Gasteiger partial charge in [0.25, 0.3) is 0 Å². The molecule has 2 heterocycles. The number of rotatable bonds is 1. The number of benzene rings is 1. The van der Waals surface area contributed by atoms with E-state index in [0.717, 1.165) is 15.2 Å². The van der Waals surface area contributed by atoms with Crippen LogP contribution in [-0.4, -0.2) is 20.5 Å². The van der Waals surface area contributed by atoms with Crippen LogP contribution in [-0.2, 0) is 0 Å². The largest absolute Gasteiger partial charge is 0.476 e. The summed E-state index contributed by atoms with van der Waals surface area (Å²) in [5.74, 6) is -1.01. The van der Waals surface area contributed by atoms with Gasteiger partial charge < -0.3 is 9.51 Å². The van der Waals surface area contributed by atoms with Gasteiger partial charge in [0, 0.05) is 22.3 Å². The number of aromatic nitrogens is 2. The van der Waals surface area contributed by atoms with E-state index in [4.69, 9.17) is 5.11 Å². The van der Waals surface area contributed by atoms with Gasteiger partial charge in [0.05, 0.1) is 0 Å². The number of carbonyl (C=O) groups is 1. The van der Waals surface area contributed by atoms with Crippen LogP contribution >= 0.6 is 15.9 Å². The molecule has 0 aliphatic carbocycles. The first-order valence-corrected chi connectivity index (χ1v) is 5.75. The average molecular weight is 291 g/mol. The molecule has 0 saturated heterocycles. The van der Waals surface area contributed by atoms with E-state index in [2.05, 4.69) is 20.9 Å². The van der Waals surface area contributed by atoms with Crippen molar-refractivity contribution in [2.75, 3.05) is 0 Å². The van der Waals surface area contributed by atoms with Gasteiger partial charge in [-0.05, 0) is 29.7 Å². The molecule has 0 fully saturated rings. The molecule has 0 unspecified atom stereocenters. The molecule has 0 atom stereocenters. The number of imidazole rings is 1. The second-order valence-electron chi connectivity index (χ2n) is 3.71. The van der Waals surface area contributed by atoms with Crippen molar-refractivity contribution in [2.45, 2.75) is 0 Å². The fourth-order valence-electron chi connectivity index (χ4n) is 1.85. The molecule has 3 rings (SSSR count). The molecule has 1 N–H and O–H groups in total. The zero-order valence-corrected chi connectivity index (χ0v) is 10.2. The molecule has 0 aliphatic rings. The third-order valence-corrected chi connectivity index (χ3v) is 3.11. The van der Waals surface area contributed by atoms with Gasteiger partial charge in [-0.2, -0.15) is 0 Å². The highest BCUT2D eigenvalue weighted by Gasteiger charge is 2.10. The summed E-state index contributed by atoms with van der Waals surface area (Å²) >= 11 is 3.40. The normalized spacial score (nSPS) is 11.1. The molecular formula is C12H7BrN2O2. The van der Waals surface area contributed by atoms with Gasteiger partial charge in [-0.1, -0.05) is 15.9 Å². The van der Waals surface area contributed by atoms with Crippen molar-refractivity contribution >= 4 is 38.3 Å². The van der Waals surface area contributed by atoms with E-state index >= 15 is 0 Å². The number of hydrogen-bond acceptors (Lipinski definition) is 2. The smallest absolute Gasteiger partial charge is 0.356 e. The number of fused-ring (bicyclic) bond motifs is 3. The molecule has 3 aromatic rings. The lowest BCUT2D eigenvalue weighted by Crippen LogP contribution is -1.94. The molecule has 17 heavy (non-hydrogen) atoms. The summed E-state index contributed by atoms with van der Waals surface area (Å²) in [4.78, 5) is 15.0. The Morgan fingerprint density at radius 3 is 2.94 bits per heavy atom. The van der Waals surface area contributed by atoms with E-state index in [9.17, 15) is 4.79 Å². The van der Waals surface area contributed by atoms with Crippen molar-refractivity contribution < 1.29 is 9.90 Å². The molecule has 84 valence electrons. The van der Waals surface area contributed by atoms with E-state index in [-0.39, 0.29) is 5.69 Å². The average Bonchev–Trinajstić information content (AvgIpc) is 2.72. The van der Waals surface area contributed by atoms with Gasteiger partial charge in [0.15, 0.2) is 5.69 Å². The van der Waals surface area contributed by atoms with Crippen molar-refractivity contribution in [3.05, 3.63) is 46.8 Å². The van der Waals surface area contributed by atoms with E-state index in [1.165, 1.54) is 6.20 Å². The highest BCUT2D eigenvalue weighted by Crippen LogP contribution is 2.23. The summed E-state index contributed by atoms with van der Waals surface area (Å²) in [7, 11) is 0. The zero-order chi connectivity index (χ0) is 12.0. The molecule has 0 saturated carbocycles. The maximum atomic E-state index is 10.9. The maximum absolute atomic E-state index is 10.9. The predicted octanol–water partition coefficient (Wildman–Crippen LogP) is 2.95. The van der Waals surface area contributed by atoms with Crippen LogP contribution < -0.4 is 0 Å². The Hall–Kier alpha value is -1.88. The van der Waals surface area contributed by atoms with Crippen molar-refractivity contribution in [1.29, 1.82) is 0 Å². The Labute approximate surface area is 105 Å². The molecule has 0 radical (unpaired) electrons. The number of carboxylic acids is 1. The molecule has 0 spiro atoms. The quantitative estimate of drug-likeness (QED) is 0.750. The van der Waals surface area contributed by atoms with Gasteiger partial charge in [0.1, 0.15) is 5.65 Å². The zero-order valence-electron chi connectivity index (χ0n) is 8.59. The monoisotopic (exact) mass is 290 g/mol. The molecule has 0 aliphatic heterocycles. The van der Waals surface area contributed by atoms with E-state index in [0.29, 0.717) is 5.65 Å². The van der Waals surface area contributed by atoms with Crippen molar-refractivity contribution in [2.24, 2.45) is 0 Å². The van der Waals surface area contributed by atoms with Crippen LogP contribution in [0.2, 0.25) is 0 Å². The number of aromatic carboxylic acids is 1. The van der Waals surface area contributed by atoms with Gasteiger partial charge in [-0.3, -0.25) is 0 Å². The summed E-state index contributed by atoms with van der Waals surface area (Å²) < 4.78 is 2.71. The Morgan fingerprint density at radius 2 is 2.18 bits per heavy atom. The second kappa shape index (κ2) is 3.56. The Kier molecular flexibility index (Phi) is 2.16. The second-order valence-corrected chi connectivity index (χ2v) is 4.63. The van der Waals surface area contributed by atoms with Crippen LogP contribution in [0.4, 0.5) is 0 Å². The first-order valence-electron chi connectivity index (χ1n) is 4.95. The third kappa shape index (κ3) is 1.59. The van der Waals surface area contributed by atoms with Gasteiger partial charge in [-0.15, -0.1) is 0 Å². The highest BCUT2D eigenvalue weighted by atomic mass is 79.9. The summed E-state index contributed by atoms with van der Waals surface area (Å²) in [5, 5.41) is 10.9. The van der Waals surface area contributed by atoms with Crippen LogP contribution in [0.15, 0.2) is 41.1 Å². The van der Waals surface area contributed by atoms with Crippen LogP contribution in [0.1, 0.15) is 10.5 Å². The number of hydrogen-bond donors (Lipinski definition) is 1. The van der Waals surface area contributed by atoms with E-state index < -0.39 is 5.97 Å². The van der Waals surface area contributed by atoms with Gasteiger partial charge in [0.2, 0.25) is 0 Å².